The maximum Gasteiger partial charge on any atom is 0.271 e. The molecule has 0 aromatic rings. The van der Waals surface area contributed by atoms with Gasteiger partial charge >= 0.3 is 0 Å². The van der Waals surface area contributed by atoms with Crippen LogP contribution in [0.2, 0.25) is 0 Å². The number of aliphatic imine (C=N–C) groups is 1. The van der Waals surface area contributed by atoms with Crippen LogP contribution in [0.15, 0.2) is 16.8 Å². The Labute approximate surface area is 72.8 Å². The standard InChI is InChI=1S/C8H15N3O/c1-6(9)5-7(10-2)8(12)11(3)4/h5H,9H2,1-4H3/b6-5-,10-7+. The summed E-state index contributed by atoms with van der Waals surface area (Å²) in [4.78, 5) is 16.6. The lowest BCUT2D eigenvalue weighted by atomic mass is 10.3. The number of carbonyl (C=O) groups excluding carboxylic acids is 1. The molecule has 0 saturated heterocycles. The molecule has 0 aromatic carbocycles. The minimum absolute atomic E-state index is 0.137. The van der Waals surface area contributed by atoms with Crippen molar-refractivity contribution in [3.8, 4) is 0 Å². The fraction of sp³-hybridized carbons (Fsp3) is 0.500. The number of nitrogens with zero attached hydrogens (tertiary/aromatic N) is 2. The smallest absolute Gasteiger partial charge is 0.271 e. The third-order valence-corrected chi connectivity index (χ3v) is 1.23. The minimum Gasteiger partial charge on any atom is -0.402 e. The summed E-state index contributed by atoms with van der Waals surface area (Å²) in [5.74, 6) is -0.137. The van der Waals surface area contributed by atoms with Crippen molar-refractivity contribution >= 4 is 11.6 Å². The zero-order valence-corrected chi connectivity index (χ0v) is 7.96. The Morgan fingerprint density at radius 2 is 2.00 bits per heavy atom. The molecule has 0 unspecified atom stereocenters. The molecular formula is C8H15N3O. The topological polar surface area (TPSA) is 58.7 Å². The monoisotopic (exact) mass is 169 g/mol. The first-order valence-electron chi connectivity index (χ1n) is 3.61. The zero-order valence-electron chi connectivity index (χ0n) is 7.96. The first kappa shape index (κ1) is 10.7. The third-order valence-electron chi connectivity index (χ3n) is 1.23. The van der Waals surface area contributed by atoms with E-state index in [1.165, 1.54) is 4.90 Å². The van der Waals surface area contributed by atoms with Gasteiger partial charge in [0.1, 0.15) is 5.71 Å². The maximum absolute atomic E-state index is 11.3. The molecule has 0 aliphatic carbocycles. The highest BCUT2D eigenvalue weighted by Gasteiger charge is 2.09. The maximum atomic E-state index is 11.3. The summed E-state index contributed by atoms with van der Waals surface area (Å²) in [6.07, 6.45) is 1.56. The number of carbonyl (C=O) groups is 1. The number of hydrogen-bond donors (Lipinski definition) is 1. The van der Waals surface area contributed by atoms with E-state index in [1.54, 1.807) is 34.1 Å². The van der Waals surface area contributed by atoms with Crippen molar-refractivity contribution in [1.82, 2.24) is 4.90 Å². The molecule has 0 aliphatic heterocycles. The van der Waals surface area contributed by atoms with E-state index >= 15 is 0 Å². The SMILES string of the molecule is C/N=C(\C=C(\C)N)C(=O)N(C)C. The Morgan fingerprint density at radius 1 is 1.50 bits per heavy atom. The van der Waals surface area contributed by atoms with Crippen LogP contribution in [0.3, 0.4) is 0 Å². The minimum atomic E-state index is -0.137. The Bertz CT molecular complexity index is 224. The molecule has 0 saturated carbocycles. The number of allylic oxidation sites excluding steroid dienone is 1. The van der Waals surface area contributed by atoms with E-state index in [-0.39, 0.29) is 5.91 Å². The molecule has 12 heavy (non-hydrogen) atoms. The normalized spacial score (nSPS) is 13.0. The van der Waals surface area contributed by atoms with Crippen molar-refractivity contribution in [3.63, 3.8) is 0 Å². The molecule has 0 radical (unpaired) electrons. The van der Waals surface area contributed by atoms with E-state index in [9.17, 15) is 4.79 Å². The third kappa shape index (κ3) is 3.18. The highest BCUT2D eigenvalue weighted by Crippen LogP contribution is 1.90. The van der Waals surface area contributed by atoms with Crippen molar-refractivity contribution in [2.45, 2.75) is 6.92 Å². The van der Waals surface area contributed by atoms with Crippen molar-refractivity contribution in [3.05, 3.63) is 11.8 Å². The molecule has 0 atom stereocenters. The number of nitrogens with two attached hydrogens (primary N) is 1. The van der Waals surface area contributed by atoms with Gasteiger partial charge in [0.25, 0.3) is 5.91 Å². The molecule has 4 heteroatoms. The van der Waals surface area contributed by atoms with Crippen molar-refractivity contribution in [2.75, 3.05) is 21.1 Å². The van der Waals surface area contributed by atoms with Gasteiger partial charge < -0.3 is 10.6 Å². The zero-order chi connectivity index (χ0) is 9.72. The molecule has 2 N–H and O–H groups in total. The van der Waals surface area contributed by atoms with Crippen LogP contribution in [-0.4, -0.2) is 37.7 Å². The lowest BCUT2D eigenvalue weighted by Gasteiger charge is -2.09. The summed E-state index contributed by atoms with van der Waals surface area (Å²) in [5.41, 5.74) is 6.37. The fourth-order valence-electron chi connectivity index (χ4n) is 0.667. The lowest BCUT2D eigenvalue weighted by Crippen LogP contribution is -2.29. The van der Waals surface area contributed by atoms with Gasteiger partial charge in [0.05, 0.1) is 0 Å². The largest absolute Gasteiger partial charge is 0.402 e. The van der Waals surface area contributed by atoms with Crippen LogP contribution in [0.5, 0.6) is 0 Å². The predicted octanol–water partition coefficient (Wildman–Crippen LogP) is 0.00790. The second-order valence-corrected chi connectivity index (χ2v) is 2.70. The highest BCUT2D eigenvalue weighted by atomic mass is 16.2. The van der Waals surface area contributed by atoms with E-state index in [4.69, 9.17) is 5.73 Å². The molecule has 4 nitrogen and oxygen atoms in total. The van der Waals surface area contributed by atoms with Gasteiger partial charge in [-0.3, -0.25) is 9.79 Å². The average Bonchev–Trinajstić information content (AvgIpc) is 1.98. The number of rotatable bonds is 2. The molecule has 1 amide bonds. The summed E-state index contributed by atoms with van der Waals surface area (Å²) in [6, 6.07) is 0. The van der Waals surface area contributed by atoms with Gasteiger partial charge in [-0.1, -0.05) is 0 Å². The number of amides is 1. The van der Waals surface area contributed by atoms with E-state index in [1.807, 2.05) is 0 Å². The average molecular weight is 169 g/mol. The summed E-state index contributed by atoms with van der Waals surface area (Å²) in [5, 5.41) is 0. The van der Waals surface area contributed by atoms with Gasteiger partial charge in [-0.2, -0.15) is 0 Å². The van der Waals surface area contributed by atoms with E-state index < -0.39 is 0 Å². The Hall–Kier alpha value is -1.32. The predicted molar refractivity (Wildman–Crippen MR) is 50.0 cm³/mol. The first-order valence-corrected chi connectivity index (χ1v) is 3.61. The van der Waals surface area contributed by atoms with Crippen LogP contribution in [-0.2, 0) is 4.79 Å². The van der Waals surface area contributed by atoms with Crippen LogP contribution < -0.4 is 5.73 Å². The summed E-state index contributed by atoms with van der Waals surface area (Å²) < 4.78 is 0. The second kappa shape index (κ2) is 4.54. The molecule has 0 aromatic heterocycles. The molecule has 0 aliphatic rings. The van der Waals surface area contributed by atoms with Gasteiger partial charge in [-0.05, 0) is 13.0 Å². The molecular weight excluding hydrogens is 154 g/mol. The Morgan fingerprint density at radius 3 is 2.25 bits per heavy atom. The van der Waals surface area contributed by atoms with E-state index in [0.717, 1.165) is 0 Å². The van der Waals surface area contributed by atoms with Crippen molar-refractivity contribution in [2.24, 2.45) is 10.7 Å². The molecule has 0 heterocycles. The molecule has 0 rings (SSSR count). The molecule has 0 fully saturated rings. The van der Waals surface area contributed by atoms with Gasteiger partial charge in [0.15, 0.2) is 0 Å². The van der Waals surface area contributed by atoms with Gasteiger partial charge in [0.2, 0.25) is 0 Å². The number of hydrogen-bond acceptors (Lipinski definition) is 3. The van der Waals surface area contributed by atoms with Crippen LogP contribution in [0.25, 0.3) is 0 Å². The first-order chi connectivity index (χ1) is 5.49. The van der Waals surface area contributed by atoms with E-state index in [0.29, 0.717) is 11.4 Å². The summed E-state index contributed by atoms with van der Waals surface area (Å²) in [6.45, 7) is 1.72. The van der Waals surface area contributed by atoms with Gasteiger partial charge in [0, 0.05) is 26.8 Å². The quantitative estimate of drug-likeness (QED) is 0.592. The van der Waals surface area contributed by atoms with Crippen LogP contribution >= 0.6 is 0 Å². The lowest BCUT2D eigenvalue weighted by molar-refractivity contribution is -0.121. The van der Waals surface area contributed by atoms with Crippen LogP contribution in [0.4, 0.5) is 0 Å². The van der Waals surface area contributed by atoms with Crippen LogP contribution in [0.1, 0.15) is 6.92 Å². The highest BCUT2D eigenvalue weighted by molar-refractivity contribution is 6.43. The van der Waals surface area contributed by atoms with Crippen molar-refractivity contribution in [1.29, 1.82) is 0 Å². The van der Waals surface area contributed by atoms with Crippen LogP contribution in [0, 0.1) is 0 Å². The summed E-state index contributed by atoms with van der Waals surface area (Å²) in [7, 11) is 4.91. The second-order valence-electron chi connectivity index (χ2n) is 2.70. The fourth-order valence-corrected chi connectivity index (χ4v) is 0.667. The van der Waals surface area contributed by atoms with Crippen molar-refractivity contribution < 1.29 is 4.79 Å². The van der Waals surface area contributed by atoms with Gasteiger partial charge in [-0.15, -0.1) is 0 Å². The van der Waals surface area contributed by atoms with Gasteiger partial charge in [-0.25, -0.2) is 0 Å². The summed E-state index contributed by atoms with van der Waals surface area (Å²) >= 11 is 0. The molecule has 0 bridgehead atoms. The molecule has 0 spiro atoms. The Balaban J connectivity index is 4.61. The Kier molecular flexibility index (Phi) is 4.04. The molecule has 68 valence electrons. The van der Waals surface area contributed by atoms with E-state index in [2.05, 4.69) is 4.99 Å².